The van der Waals surface area contributed by atoms with E-state index in [0.29, 0.717) is 11.1 Å². The van der Waals surface area contributed by atoms with E-state index < -0.39 is 0 Å². The van der Waals surface area contributed by atoms with Gasteiger partial charge < -0.3 is 5.32 Å². The Bertz CT molecular complexity index is 629. The van der Waals surface area contributed by atoms with Gasteiger partial charge in [0.25, 0.3) is 0 Å². The molecule has 2 aromatic rings. The first-order valence-corrected chi connectivity index (χ1v) is 7.99. The van der Waals surface area contributed by atoms with Crippen LogP contribution >= 0.6 is 15.9 Å². The molecule has 1 N–H and O–H groups in total. The largest absolute Gasteiger partial charge is 0.307 e. The molecule has 0 radical (unpaired) electrons. The highest BCUT2D eigenvalue weighted by molar-refractivity contribution is 9.10. The van der Waals surface area contributed by atoms with Crippen LogP contribution in [0.2, 0.25) is 0 Å². The first-order valence-electron chi connectivity index (χ1n) is 7.20. The lowest BCUT2D eigenvalue weighted by Gasteiger charge is -2.22. The van der Waals surface area contributed by atoms with Gasteiger partial charge in [0.2, 0.25) is 0 Å². The summed E-state index contributed by atoms with van der Waals surface area (Å²) in [6.07, 6.45) is 0. The minimum Gasteiger partial charge on any atom is -0.307 e. The molecular formula is C18H21BrFN. The number of hydrogen-bond donors (Lipinski definition) is 1. The van der Waals surface area contributed by atoms with Crippen LogP contribution in [0, 0.1) is 26.6 Å². The van der Waals surface area contributed by atoms with E-state index in [4.69, 9.17) is 0 Å². The standard InChI is InChI=1S/C18H21BrFN/c1-5-21-18(16-10-15(19)7-6-11(16)2)14-8-12(3)17(20)13(4)9-14/h6-10,18,21H,5H2,1-4H3. The molecular weight excluding hydrogens is 329 g/mol. The van der Waals surface area contributed by atoms with Crippen molar-refractivity contribution in [2.24, 2.45) is 0 Å². The van der Waals surface area contributed by atoms with Crippen LogP contribution < -0.4 is 5.32 Å². The van der Waals surface area contributed by atoms with Crippen LogP contribution in [0.4, 0.5) is 4.39 Å². The number of halogens is 2. The van der Waals surface area contributed by atoms with Gasteiger partial charge in [-0.1, -0.05) is 41.1 Å². The van der Waals surface area contributed by atoms with Crippen LogP contribution in [0.3, 0.4) is 0 Å². The van der Waals surface area contributed by atoms with E-state index >= 15 is 0 Å². The number of nitrogens with one attached hydrogen (secondary N) is 1. The second kappa shape index (κ2) is 6.71. The van der Waals surface area contributed by atoms with Gasteiger partial charge in [-0.2, -0.15) is 0 Å². The maximum absolute atomic E-state index is 13.9. The third-order valence-corrected chi connectivity index (χ3v) is 4.25. The van der Waals surface area contributed by atoms with E-state index in [1.54, 1.807) is 0 Å². The predicted molar refractivity (Wildman–Crippen MR) is 90.3 cm³/mol. The molecule has 0 saturated heterocycles. The van der Waals surface area contributed by atoms with Crippen molar-refractivity contribution in [3.63, 3.8) is 0 Å². The summed E-state index contributed by atoms with van der Waals surface area (Å²) in [7, 11) is 0. The van der Waals surface area contributed by atoms with E-state index in [2.05, 4.69) is 47.2 Å². The molecule has 21 heavy (non-hydrogen) atoms. The monoisotopic (exact) mass is 349 g/mol. The molecule has 1 nitrogen and oxygen atoms in total. The summed E-state index contributed by atoms with van der Waals surface area (Å²) in [6.45, 7) is 8.69. The Kier molecular flexibility index (Phi) is 5.17. The molecule has 0 spiro atoms. The van der Waals surface area contributed by atoms with Crippen LogP contribution in [-0.2, 0) is 0 Å². The normalized spacial score (nSPS) is 12.5. The minimum absolute atomic E-state index is 0.0745. The van der Waals surface area contributed by atoms with E-state index in [9.17, 15) is 4.39 Å². The fourth-order valence-corrected chi connectivity index (χ4v) is 3.06. The maximum Gasteiger partial charge on any atom is 0.129 e. The fraction of sp³-hybridized carbons (Fsp3) is 0.333. The third-order valence-electron chi connectivity index (χ3n) is 3.75. The Hall–Kier alpha value is -1.19. The maximum atomic E-state index is 13.9. The Morgan fingerprint density at radius 2 is 1.67 bits per heavy atom. The Labute approximate surface area is 134 Å². The average molecular weight is 350 g/mol. The summed E-state index contributed by atoms with van der Waals surface area (Å²) < 4.78 is 14.9. The zero-order valence-electron chi connectivity index (χ0n) is 12.9. The fourth-order valence-electron chi connectivity index (χ4n) is 2.68. The molecule has 0 aromatic heterocycles. The Balaban J connectivity index is 2.56. The van der Waals surface area contributed by atoms with Gasteiger partial charge in [-0.25, -0.2) is 4.39 Å². The summed E-state index contributed by atoms with van der Waals surface area (Å²) >= 11 is 3.54. The lowest BCUT2D eigenvalue weighted by Crippen LogP contribution is -2.23. The molecule has 0 aliphatic rings. The minimum atomic E-state index is -0.111. The topological polar surface area (TPSA) is 12.0 Å². The first-order chi connectivity index (χ1) is 9.93. The van der Waals surface area contributed by atoms with Crippen molar-refractivity contribution in [3.8, 4) is 0 Å². The highest BCUT2D eigenvalue weighted by atomic mass is 79.9. The summed E-state index contributed by atoms with van der Waals surface area (Å²) in [5.41, 5.74) is 4.94. The van der Waals surface area contributed by atoms with Crippen molar-refractivity contribution < 1.29 is 4.39 Å². The molecule has 1 unspecified atom stereocenters. The molecule has 0 aliphatic heterocycles. The third kappa shape index (κ3) is 3.53. The molecule has 3 heteroatoms. The van der Waals surface area contributed by atoms with E-state index in [-0.39, 0.29) is 11.9 Å². The van der Waals surface area contributed by atoms with Crippen molar-refractivity contribution in [1.82, 2.24) is 5.32 Å². The second-order valence-corrected chi connectivity index (χ2v) is 6.38. The van der Waals surface area contributed by atoms with E-state index in [1.165, 1.54) is 11.1 Å². The summed E-state index contributed by atoms with van der Waals surface area (Å²) in [5, 5.41) is 3.51. The molecule has 0 amide bonds. The van der Waals surface area contributed by atoms with Crippen LogP contribution in [0.1, 0.15) is 40.8 Å². The predicted octanol–water partition coefficient (Wildman–Crippen LogP) is 5.21. The number of benzene rings is 2. The van der Waals surface area contributed by atoms with Gasteiger partial charge in [0.1, 0.15) is 5.82 Å². The van der Waals surface area contributed by atoms with Gasteiger partial charge in [-0.05, 0) is 67.3 Å². The van der Waals surface area contributed by atoms with Crippen molar-refractivity contribution in [1.29, 1.82) is 0 Å². The molecule has 0 heterocycles. The molecule has 0 aliphatic carbocycles. The highest BCUT2D eigenvalue weighted by Crippen LogP contribution is 2.29. The molecule has 1 atom stereocenters. The van der Waals surface area contributed by atoms with Gasteiger partial charge in [0.05, 0.1) is 6.04 Å². The molecule has 0 bridgehead atoms. The van der Waals surface area contributed by atoms with Gasteiger partial charge >= 0.3 is 0 Å². The molecule has 0 saturated carbocycles. The van der Waals surface area contributed by atoms with Crippen molar-refractivity contribution in [2.45, 2.75) is 33.7 Å². The first kappa shape index (κ1) is 16.2. The number of aryl methyl sites for hydroxylation is 3. The van der Waals surface area contributed by atoms with Crippen LogP contribution in [0.5, 0.6) is 0 Å². The SMILES string of the molecule is CCNC(c1cc(C)c(F)c(C)c1)c1cc(Br)ccc1C. The molecule has 2 aromatic carbocycles. The van der Waals surface area contributed by atoms with Crippen molar-refractivity contribution in [3.05, 3.63) is 68.4 Å². The highest BCUT2D eigenvalue weighted by Gasteiger charge is 2.17. The second-order valence-electron chi connectivity index (χ2n) is 5.46. The lowest BCUT2D eigenvalue weighted by atomic mass is 9.92. The van der Waals surface area contributed by atoms with Crippen LogP contribution in [0.15, 0.2) is 34.8 Å². The quantitative estimate of drug-likeness (QED) is 0.798. The zero-order valence-corrected chi connectivity index (χ0v) is 14.5. The van der Waals surface area contributed by atoms with Crippen LogP contribution in [-0.4, -0.2) is 6.54 Å². The number of hydrogen-bond acceptors (Lipinski definition) is 1. The van der Waals surface area contributed by atoms with E-state index in [0.717, 1.165) is 16.6 Å². The Morgan fingerprint density at radius 3 is 2.24 bits per heavy atom. The smallest absolute Gasteiger partial charge is 0.129 e. The zero-order chi connectivity index (χ0) is 15.6. The number of rotatable bonds is 4. The Morgan fingerprint density at radius 1 is 1.05 bits per heavy atom. The molecule has 2 rings (SSSR count). The van der Waals surface area contributed by atoms with Crippen molar-refractivity contribution >= 4 is 15.9 Å². The summed E-state index contributed by atoms with van der Waals surface area (Å²) in [4.78, 5) is 0. The molecule has 112 valence electrons. The van der Waals surface area contributed by atoms with Gasteiger partial charge in [0, 0.05) is 4.47 Å². The van der Waals surface area contributed by atoms with Crippen molar-refractivity contribution in [2.75, 3.05) is 6.54 Å². The summed E-state index contributed by atoms with van der Waals surface area (Å²) in [6, 6.07) is 10.2. The lowest BCUT2D eigenvalue weighted by molar-refractivity contribution is 0.597. The van der Waals surface area contributed by atoms with Gasteiger partial charge in [-0.3, -0.25) is 0 Å². The van der Waals surface area contributed by atoms with Crippen LogP contribution in [0.25, 0.3) is 0 Å². The van der Waals surface area contributed by atoms with Gasteiger partial charge in [0.15, 0.2) is 0 Å². The van der Waals surface area contributed by atoms with Gasteiger partial charge in [-0.15, -0.1) is 0 Å². The summed E-state index contributed by atoms with van der Waals surface area (Å²) in [5.74, 6) is -0.111. The van der Waals surface area contributed by atoms with E-state index in [1.807, 2.05) is 32.0 Å². The molecule has 0 fully saturated rings. The average Bonchev–Trinajstić information content (AvgIpc) is 2.44.